The number of hydrogen-bond acceptors (Lipinski definition) is 3. The van der Waals surface area contributed by atoms with Gasteiger partial charge in [0.2, 0.25) is 0 Å². The summed E-state index contributed by atoms with van der Waals surface area (Å²) in [5.41, 5.74) is 3.29. The Bertz CT molecular complexity index is 697. The fourth-order valence-corrected chi connectivity index (χ4v) is 2.91. The largest absolute Gasteiger partial charge is 0.337 e. The molecule has 0 spiro atoms. The molecule has 0 saturated carbocycles. The van der Waals surface area contributed by atoms with Crippen LogP contribution < -0.4 is 10.2 Å². The smallest absolute Gasteiger partial charge is 0.126 e. The average Bonchev–Trinajstić information content (AvgIpc) is 3.06. The first-order chi connectivity index (χ1) is 10.7. The van der Waals surface area contributed by atoms with Crippen LogP contribution in [-0.4, -0.2) is 19.1 Å². The van der Waals surface area contributed by atoms with Crippen molar-refractivity contribution in [2.24, 2.45) is 0 Å². The summed E-state index contributed by atoms with van der Waals surface area (Å²) in [6.45, 7) is 3.66. The van der Waals surface area contributed by atoms with E-state index in [-0.39, 0.29) is 5.82 Å². The van der Waals surface area contributed by atoms with Gasteiger partial charge in [-0.25, -0.2) is 4.39 Å². The van der Waals surface area contributed by atoms with E-state index in [1.54, 1.807) is 6.92 Å². The zero-order chi connectivity index (χ0) is 15.5. The lowest BCUT2D eigenvalue weighted by Gasteiger charge is -2.31. The standard InChI is InChI=1S/C18H18FN3/c1-13-10-16(6-7-18(13)19)22(17-8-9-21-12-17)15-4-2-14(11-20)3-5-15/h2-7,10,17,21H,8-9,12H2,1H3. The van der Waals surface area contributed by atoms with Crippen LogP contribution in [0.25, 0.3) is 0 Å². The summed E-state index contributed by atoms with van der Waals surface area (Å²) in [6, 6.07) is 15.2. The second kappa shape index (κ2) is 6.17. The van der Waals surface area contributed by atoms with Crippen LogP contribution >= 0.6 is 0 Å². The summed E-state index contributed by atoms with van der Waals surface area (Å²) in [4.78, 5) is 2.23. The third-order valence-electron chi connectivity index (χ3n) is 4.09. The molecule has 0 aromatic heterocycles. The van der Waals surface area contributed by atoms with Crippen molar-refractivity contribution >= 4 is 11.4 Å². The van der Waals surface area contributed by atoms with Crippen LogP contribution in [0.2, 0.25) is 0 Å². The van der Waals surface area contributed by atoms with Gasteiger partial charge in [-0.05, 0) is 67.9 Å². The van der Waals surface area contributed by atoms with Crippen LogP contribution in [0.1, 0.15) is 17.5 Å². The molecular weight excluding hydrogens is 277 g/mol. The van der Waals surface area contributed by atoms with E-state index >= 15 is 0 Å². The Morgan fingerprint density at radius 1 is 1.18 bits per heavy atom. The Hall–Kier alpha value is -2.38. The predicted octanol–water partition coefficient (Wildman–Crippen LogP) is 3.51. The zero-order valence-electron chi connectivity index (χ0n) is 12.5. The molecule has 1 aliphatic rings. The quantitative estimate of drug-likeness (QED) is 0.942. The van der Waals surface area contributed by atoms with Crippen molar-refractivity contribution < 1.29 is 4.39 Å². The lowest BCUT2D eigenvalue weighted by Crippen LogP contribution is -2.33. The van der Waals surface area contributed by atoms with E-state index in [1.807, 2.05) is 36.4 Å². The molecule has 3 nitrogen and oxygen atoms in total. The van der Waals surface area contributed by atoms with Crippen molar-refractivity contribution in [3.63, 3.8) is 0 Å². The summed E-state index contributed by atoms with van der Waals surface area (Å²) in [6.07, 6.45) is 1.04. The number of rotatable bonds is 3. The molecule has 2 aromatic rings. The first-order valence-electron chi connectivity index (χ1n) is 7.45. The summed E-state index contributed by atoms with van der Waals surface area (Å²) < 4.78 is 13.6. The van der Waals surface area contributed by atoms with Crippen LogP contribution in [0.15, 0.2) is 42.5 Å². The van der Waals surface area contributed by atoms with E-state index in [2.05, 4.69) is 16.3 Å². The second-order valence-corrected chi connectivity index (χ2v) is 5.61. The highest BCUT2D eigenvalue weighted by Gasteiger charge is 2.24. The molecule has 1 fully saturated rings. The van der Waals surface area contributed by atoms with Crippen molar-refractivity contribution in [3.05, 3.63) is 59.4 Å². The van der Waals surface area contributed by atoms with Gasteiger partial charge in [-0.1, -0.05) is 0 Å². The first-order valence-corrected chi connectivity index (χ1v) is 7.45. The maximum absolute atomic E-state index is 13.6. The minimum atomic E-state index is -0.187. The van der Waals surface area contributed by atoms with E-state index in [9.17, 15) is 4.39 Å². The molecule has 1 N–H and O–H groups in total. The molecule has 0 aliphatic carbocycles. The van der Waals surface area contributed by atoms with Crippen LogP contribution in [-0.2, 0) is 0 Å². The molecule has 0 radical (unpaired) electrons. The van der Waals surface area contributed by atoms with Crippen LogP contribution in [0.5, 0.6) is 0 Å². The summed E-state index contributed by atoms with van der Waals surface area (Å²) in [7, 11) is 0. The fourth-order valence-electron chi connectivity index (χ4n) is 2.91. The Labute approximate surface area is 130 Å². The Morgan fingerprint density at radius 3 is 2.50 bits per heavy atom. The maximum atomic E-state index is 13.6. The molecule has 112 valence electrons. The Morgan fingerprint density at radius 2 is 1.91 bits per heavy atom. The third-order valence-corrected chi connectivity index (χ3v) is 4.09. The monoisotopic (exact) mass is 295 g/mol. The predicted molar refractivity (Wildman–Crippen MR) is 85.7 cm³/mol. The van der Waals surface area contributed by atoms with Gasteiger partial charge in [-0.2, -0.15) is 5.26 Å². The topological polar surface area (TPSA) is 39.1 Å². The molecule has 1 atom stereocenters. The van der Waals surface area contributed by atoms with Crippen molar-refractivity contribution in [1.82, 2.24) is 5.32 Å². The minimum Gasteiger partial charge on any atom is -0.337 e. The lowest BCUT2D eigenvalue weighted by atomic mass is 10.1. The number of nitrogens with zero attached hydrogens (tertiary/aromatic N) is 2. The van der Waals surface area contributed by atoms with Gasteiger partial charge in [-0.15, -0.1) is 0 Å². The number of benzene rings is 2. The number of anilines is 2. The number of nitrogens with one attached hydrogen (secondary N) is 1. The number of hydrogen-bond donors (Lipinski definition) is 1. The maximum Gasteiger partial charge on any atom is 0.126 e. The van der Waals surface area contributed by atoms with E-state index in [0.717, 1.165) is 30.9 Å². The van der Waals surface area contributed by atoms with Gasteiger partial charge in [0.25, 0.3) is 0 Å². The van der Waals surface area contributed by atoms with Crippen molar-refractivity contribution in [1.29, 1.82) is 5.26 Å². The molecule has 1 heterocycles. The average molecular weight is 295 g/mol. The molecule has 4 heteroatoms. The van der Waals surface area contributed by atoms with Gasteiger partial charge in [0, 0.05) is 24.0 Å². The third kappa shape index (κ3) is 2.81. The van der Waals surface area contributed by atoms with Crippen molar-refractivity contribution in [2.75, 3.05) is 18.0 Å². The van der Waals surface area contributed by atoms with E-state index < -0.39 is 0 Å². The summed E-state index contributed by atoms with van der Waals surface area (Å²) in [5, 5.41) is 12.3. The summed E-state index contributed by atoms with van der Waals surface area (Å²) >= 11 is 0. The van der Waals surface area contributed by atoms with Gasteiger partial charge < -0.3 is 10.2 Å². The molecular formula is C18H18FN3. The zero-order valence-corrected chi connectivity index (χ0v) is 12.5. The van der Waals surface area contributed by atoms with E-state index in [1.165, 1.54) is 6.07 Å². The van der Waals surface area contributed by atoms with Crippen molar-refractivity contribution in [2.45, 2.75) is 19.4 Å². The molecule has 1 saturated heterocycles. The van der Waals surface area contributed by atoms with Gasteiger partial charge in [0.15, 0.2) is 0 Å². The Kier molecular flexibility index (Phi) is 4.08. The molecule has 3 rings (SSSR count). The van der Waals surface area contributed by atoms with Gasteiger partial charge in [0.05, 0.1) is 11.6 Å². The highest BCUT2D eigenvalue weighted by molar-refractivity contribution is 5.66. The molecule has 1 aliphatic heterocycles. The number of nitriles is 1. The first kappa shape index (κ1) is 14.6. The van der Waals surface area contributed by atoms with Gasteiger partial charge in [0.1, 0.15) is 5.82 Å². The molecule has 22 heavy (non-hydrogen) atoms. The van der Waals surface area contributed by atoms with Gasteiger partial charge >= 0.3 is 0 Å². The molecule has 0 amide bonds. The molecule has 0 bridgehead atoms. The number of halogens is 1. The Balaban J connectivity index is 2.02. The minimum absolute atomic E-state index is 0.187. The lowest BCUT2D eigenvalue weighted by molar-refractivity contribution is 0.617. The van der Waals surface area contributed by atoms with E-state index in [0.29, 0.717) is 17.2 Å². The molecule has 2 aromatic carbocycles. The van der Waals surface area contributed by atoms with Crippen LogP contribution in [0.4, 0.5) is 15.8 Å². The summed E-state index contributed by atoms with van der Waals surface area (Å²) in [5.74, 6) is -0.187. The SMILES string of the molecule is Cc1cc(N(c2ccc(C#N)cc2)C2CCNC2)ccc1F. The normalized spacial score (nSPS) is 17.2. The molecule has 1 unspecified atom stereocenters. The van der Waals surface area contributed by atoms with Crippen LogP contribution in [0.3, 0.4) is 0 Å². The second-order valence-electron chi connectivity index (χ2n) is 5.61. The van der Waals surface area contributed by atoms with E-state index in [4.69, 9.17) is 5.26 Å². The fraction of sp³-hybridized carbons (Fsp3) is 0.278. The number of aryl methyl sites for hydroxylation is 1. The van der Waals surface area contributed by atoms with Crippen LogP contribution in [0, 0.1) is 24.1 Å². The highest BCUT2D eigenvalue weighted by atomic mass is 19.1. The van der Waals surface area contributed by atoms with Gasteiger partial charge in [-0.3, -0.25) is 0 Å². The highest BCUT2D eigenvalue weighted by Crippen LogP contribution is 2.31. The van der Waals surface area contributed by atoms with Crippen molar-refractivity contribution in [3.8, 4) is 6.07 Å².